The Labute approximate surface area is 214 Å². The number of rotatable bonds is 9. The fourth-order valence-electron chi connectivity index (χ4n) is 5.05. The summed E-state index contributed by atoms with van der Waals surface area (Å²) in [5.74, 6) is 1.13. The normalized spacial score (nSPS) is 14.6. The van der Waals surface area contributed by atoms with Crippen molar-refractivity contribution in [3.8, 4) is 5.75 Å². The van der Waals surface area contributed by atoms with E-state index in [1.807, 2.05) is 0 Å². The monoisotopic (exact) mass is 474 g/mol. The van der Waals surface area contributed by atoms with E-state index in [-0.39, 0.29) is 5.92 Å². The van der Waals surface area contributed by atoms with Crippen LogP contribution in [0.25, 0.3) is 10.9 Å². The van der Waals surface area contributed by atoms with E-state index in [0.29, 0.717) is 6.61 Å². The fourth-order valence-corrected chi connectivity index (χ4v) is 5.05. The Morgan fingerprint density at radius 3 is 2.19 bits per heavy atom. The van der Waals surface area contributed by atoms with Gasteiger partial charge in [-0.2, -0.15) is 0 Å². The van der Waals surface area contributed by atoms with E-state index in [0.717, 1.165) is 25.3 Å². The van der Waals surface area contributed by atoms with Crippen LogP contribution in [0.3, 0.4) is 0 Å². The third-order valence-corrected chi connectivity index (χ3v) is 6.80. The largest absolute Gasteiger partial charge is 0.491 e. The minimum atomic E-state index is 0.179. The molecule has 4 aromatic rings. The molecular weight excluding hydrogens is 440 g/mol. The summed E-state index contributed by atoms with van der Waals surface area (Å²) in [6, 6.07) is 30.0. The summed E-state index contributed by atoms with van der Waals surface area (Å²) in [5.41, 5.74) is 6.32. The Bertz CT molecular complexity index is 1340. The van der Waals surface area contributed by atoms with Gasteiger partial charge in [-0.3, -0.25) is 0 Å². The van der Waals surface area contributed by atoms with Crippen LogP contribution in [0.5, 0.6) is 5.75 Å². The molecule has 1 aromatic heterocycles. The number of nitrogens with zero attached hydrogens (tertiary/aromatic N) is 2. The molecule has 0 N–H and O–H groups in total. The predicted molar refractivity (Wildman–Crippen MR) is 150 cm³/mol. The zero-order valence-electron chi connectivity index (χ0n) is 21.2. The molecule has 0 atom stereocenters. The second-order valence-corrected chi connectivity index (χ2v) is 9.09. The van der Waals surface area contributed by atoms with Crippen LogP contribution in [0.4, 0.5) is 0 Å². The zero-order chi connectivity index (χ0) is 24.7. The summed E-state index contributed by atoms with van der Waals surface area (Å²) >= 11 is 0. The van der Waals surface area contributed by atoms with Crippen molar-refractivity contribution in [1.82, 2.24) is 9.47 Å². The van der Waals surface area contributed by atoms with Crippen LogP contribution in [0, 0.1) is 0 Å². The molecule has 0 spiro atoms. The highest BCUT2D eigenvalue weighted by atomic mass is 16.5. The van der Waals surface area contributed by atoms with Crippen LogP contribution in [0.15, 0.2) is 127 Å². The van der Waals surface area contributed by atoms with E-state index in [1.165, 1.54) is 33.3 Å². The van der Waals surface area contributed by atoms with E-state index in [4.69, 9.17) is 4.74 Å². The summed E-state index contributed by atoms with van der Waals surface area (Å²) in [6.07, 6.45) is 12.2. The molecule has 2 heterocycles. The molecule has 1 aliphatic rings. The van der Waals surface area contributed by atoms with E-state index < -0.39 is 0 Å². The first kappa shape index (κ1) is 23.7. The van der Waals surface area contributed by atoms with E-state index in [9.17, 15) is 0 Å². The number of allylic oxidation sites excluding steroid dienone is 4. The second-order valence-electron chi connectivity index (χ2n) is 9.09. The van der Waals surface area contributed by atoms with Crippen LogP contribution in [-0.4, -0.2) is 22.6 Å². The lowest BCUT2D eigenvalue weighted by atomic mass is 9.84. The van der Waals surface area contributed by atoms with E-state index >= 15 is 0 Å². The summed E-state index contributed by atoms with van der Waals surface area (Å²) in [5, 5.41) is 1.17. The number of hydrogen-bond acceptors (Lipinski definition) is 2. The second kappa shape index (κ2) is 11.2. The highest BCUT2D eigenvalue weighted by Crippen LogP contribution is 2.35. The van der Waals surface area contributed by atoms with Gasteiger partial charge in [-0.1, -0.05) is 85.8 Å². The van der Waals surface area contributed by atoms with Gasteiger partial charge in [-0.25, -0.2) is 0 Å². The minimum Gasteiger partial charge on any atom is -0.491 e. The molecule has 0 amide bonds. The molecule has 0 saturated heterocycles. The molecule has 3 heteroatoms. The maximum Gasteiger partial charge on any atom is 0.128 e. The standard InChI is InChI=1S/C33H34N2O/c1-3-12-29-20-19-28(33(26-13-7-5-8-14-26)27-15-9-6-10-16-27)25-35(29)23-24-36-32-18-11-17-31-30(32)21-22-34(31)4-2/h5-22,25,33H,3-4,23-24H2,1-2H3/b29-12-. The lowest BCUT2D eigenvalue weighted by Crippen LogP contribution is -2.25. The maximum atomic E-state index is 6.34. The molecule has 182 valence electrons. The Balaban J connectivity index is 1.40. The Morgan fingerprint density at radius 1 is 0.806 bits per heavy atom. The number of fused-ring (bicyclic) bond motifs is 1. The van der Waals surface area contributed by atoms with Crippen LogP contribution in [0.1, 0.15) is 37.3 Å². The third kappa shape index (κ3) is 5.01. The molecule has 3 aromatic carbocycles. The highest BCUT2D eigenvalue weighted by Gasteiger charge is 2.21. The van der Waals surface area contributed by atoms with Crippen LogP contribution in [0.2, 0.25) is 0 Å². The lowest BCUT2D eigenvalue weighted by Gasteiger charge is -2.30. The van der Waals surface area contributed by atoms with Gasteiger partial charge in [0.15, 0.2) is 0 Å². The molecule has 1 aliphatic heterocycles. The Kier molecular flexibility index (Phi) is 7.37. The van der Waals surface area contributed by atoms with E-state index in [2.05, 4.69) is 139 Å². The highest BCUT2D eigenvalue weighted by molar-refractivity contribution is 5.86. The number of ether oxygens (including phenoxy) is 1. The molecule has 0 unspecified atom stereocenters. The van der Waals surface area contributed by atoms with Crippen molar-refractivity contribution in [2.45, 2.75) is 32.7 Å². The van der Waals surface area contributed by atoms with Crippen molar-refractivity contribution in [3.05, 3.63) is 138 Å². The number of aromatic nitrogens is 1. The maximum absolute atomic E-state index is 6.34. The minimum absolute atomic E-state index is 0.179. The van der Waals surface area contributed by atoms with Crippen LogP contribution < -0.4 is 4.74 Å². The van der Waals surface area contributed by atoms with Crippen molar-refractivity contribution in [2.75, 3.05) is 13.2 Å². The van der Waals surface area contributed by atoms with E-state index in [1.54, 1.807) is 0 Å². The van der Waals surface area contributed by atoms with Gasteiger partial charge in [0.25, 0.3) is 0 Å². The number of benzene rings is 3. The molecule has 0 bridgehead atoms. The third-order valence-electron chi connectivity index (χ3n) is 6.80. The first-order valence-electron chi connectivity index (χ1n) is 13.0. The van der Waals surface area contributed by atoms with Gasteiger partial charge in [-0.05, 0) is 54.3 Å². The predicted octanol–water partition coefficient (Wildman–Crippen LogP) is 7.92. The average molecular weight is 475 g/mol. The van der Waals surface area contributed by atoms with Crippen LogP contribution >= 0.6 is 0 Å². The first-order valence-corrected chi connectivity index (χ1v) is 13.0. The molecule has 3 nitrogen and oxygen atoms in total. The fraction of sp³-hybridized carbons (Fsp3) is 0.212. The van der Waals surface area contributed by atoms with Crippen molar-refractivity contribution < 1.29 is 4.74 Å². The summed E-state index contributed by atoms with van der Waals surface area (Å²) < 4.78 is 8.59. The SMILES string of the molecule is CC/C=C1/C=CC(C(c2ccccc2)c2ccccc2)=CN1CCOc1cccc2c1ccn2CC. The van der Waals surface area contributed by atoms with Gasteiger partial charge in [0.1, 0.15) is 12.4 Å². The Hall–Kier alpha value is -3.98. The van der Waals surface area contributed by atoms with Gasteiger partial charge in [0, 0.05) is 35.9 Å². The van der Waals surface area contributed by atoms with Crippen LogP contribution in [-0.2, 0) is 6.54 Å². The van der Waals surface area contributed by atoms with Gasteiger partial charge in [0.05, 0.1) is 12.1 Å². The quantitative estimate of drug-likeness (QED) is 0.245. The molecular formula is C33H34N2O. The molecule has 0 radical (unpaired) electrons. The smallest absolute Gasteiger partial charge is 0.128 e. The molecule has 0 aliphatic carbocycles. The first-order chi connectivity index (χ1) is 17.8. The molecule has 36 heavy (non-hydrogen) atoms. The van der Waals surface area contributed by atoms with Gasteiger partial charge < -0.3 is 14.2 Å². The van der Waals surface area contributed by atoms with Crippen molar-refractivity contribution in [2.24, 2.45) is 0 Å². The topological polar surface area (TPSA) is 17.4 Å². The lowest BCUT2D eigenvalue weighted by molar-refractivity contribution is 0.280. The summed E-state index contributed by atoms with van der Waals surface area (Å²) in [7, 11) is 0. The number of hydrogen-bond donors (Lipinski definition) is 0. The van der Waals surface area contributed by atoms with Crippen molar-refractivity contribution in [3.63, 3.8) is 0 Å². The van der Waals surface area contributed by atoms with Crippen molar-refractivity contribution >= 4 is 10.9 Å². The average Bonchev–Trinajstić information content (AvgIpc) is 3.36. The zero-order valence-corrected chi connectivity index (χ0v) is 21.2. The van der Waals surface area contributed by atoms with Gasteiger partial charge in [0.2, 0.25) is 0 Å². The molecule has 0 saturated carbocycles. The molecule has 5 rings (SSSR count). The number of aryl methyl sites for hydroxylation is 1. The van der Waals surface area contributed by atoms with Gasteiger partial charge in [-0.15, -0.1) is 0 Å². The summed E-state index contributed by atoms with van der Waals surface area (Å²) in [4.78, 5) is 2.34. The summed E-state index contributed by atoms with van der Waals surface area (Å²) in [6.45, 7) is 6.69. The van der Waals surface area contributed by atoms with Crippen molar-refractivity contribution in [1.29, 1.82) is 0 Å². The van der Waals surface area contributed by atoms with Gasteiger partial charge >= 0.3 is 0 Å². The molecule has 0 fully saturated rings. The Morgan fingerprint density at radius 2 is 1.53 bits per heavy atom.